The topological polar surface area (TPSA) is 4.93 Å². The summed E-state index contributed by atoms with van der Waals surface area (Å²) < 4.78 is 2.17. The van der Waals surface area contributed by atoms with Crippen LogP contribution in [0.2, 0.25) is 0 Å². The Bertz CT molecular complexity index is 466. The lowest BCUT2D eigenvalue weighted by molar-refractivity contribution is 0.933. The van der Waals surface area contributed by atoms with E-state index in [1.54, 1.807) is 0 Å². The maximum Gasteiger partial charge on any atom is 0.0480 e. The van der Waals surface area contributed by atoms with Crippen LogP contribution in [0.5, 0.6) is 0 Å². The van der Waals surface area contributed by atoms with Crippen LogP contribution in [0.25, 0.3) is 11.3 Å². The van der Waals surface area contributed by atoms with Gasteiger partial charge in [0.25, 0.3) is 0 Å². The normalized spacial score (nSPS) is 10.6. The fourth-order valence-electron chi connectivity index (χ4n) is 1.98. The van der Waals surface area contributed by atoms with Gasteiger partial charge in [0.2, 0.25) is 0 Å². The summed E-state index contributed by atoms with van der Waals surface area (Å²) in [6, 6.07) is 11.0. The maximum absolute atomic E-state index is 2.27. The minimum Gasteiger partial charge on any atom is -0.351 e. The van der Waals surface area contributed by atoms with Gasteiger partial charge in [0.05, 0.1) is 0 Å². The van der Waals surface area contributed by atoms with Gasteiger partial charge in [-0.3, -0.25) is 0 Å². The summed E-state index contributed by atoms with van der Waals surface area (Å²) in [5.41, 5.74) is 5.41. The molecule has 1 aromatic heterocycles. The largest absolute Gasteiger partial charge is 0.351 e. The van der Waals surface area contributed by atoms with Crippen LogP contribution in [0.1, 0.15) is 18.1 Å². The molecule has 1 heteroatoms. The highest BCUT2D eigenvalue weighted by Gasteiger charge is 2.06. The van der Waals surface area contributed by atoms with Crippen molar-refractivity contribution in [3.8, 4) is 11.3 Å². The lowest BCUT2D eigenvalue weighted by Gasteiger charge is -2.10. The minimum absolute atomic E-state index is 1.08. The second kappa shape index (κ2) is 3.93. The molecule has 2 rings (SSSR count). The third-order valence-electron chi connectivity index (χ3n) is 2.87. The van der Waals surface area contributed by atoms with Crippen LogP contribution in [0.15, 0.2) is 36.5 Å². The molecule has 1 nitrogen and oxygen atoms in total. The molecule has 0 bridgehead atoms. The highest BCUT2D eigenvalue weighted by molar-refractivity contribution is 5.65. The SMILES string of the molecule is CCc1ccc(C)cc1-c1cccn1C. The van der Waals surface area contributed by atoms with Crippen LogP contribution >= 0.6 is 0 Å². The Morgan fingerprint density at radius 1 is 1.20 bits per heavy atom. The first-order valence-corrected chi connectivity index (χ1v) is 5.43. The Kier molecular flexibility index (Phi) is 2.63. The average molecular weight is 199 g/mol. The molecule has 2 aromatic rings. The molecule has 0 saturated heterocycles. The molecule has 0 atom stereocenters. The molecule has 1 aromatic carbocycles. The van der Waals surface area contributed by atoms with E-state index in [9.17, 15) is 0 Å². The lowest BCUT2D eigenvalue weighted by Crippen LogP contribution is -1.94. The van der Waals surface area contributed by atoms with Crippen molar-refractivity contribution in [2.45, 2.75) is 20.3 Å². The first kappa shape index (κ1) is 10.0. The van der Waals surface area contributed by atoms with Gasteiger partial charge in [-0.1, -0.05) is 24.6 Å². The molecule has 0 spiro atoms. The van der Waals surface area contributed by atoms with Crippen LogP contribution in [-0.2, 0) is 13.5 Å². The first-order chi connectivity index (χ1) is 7.22. The number of rotatable bonds is 2. The molecular formula is C14H17N. The van der Waals surface area contributed by atoms with Gasteiger partial charge < -0.3 is 4.57 Å². The van der Waals surface area contributed by atoms with Crippen molar-refractivity contribution >= 4 is 0 Å². The molecular weight excluding hydrogens is 182 g/mol. The maximum atomic E-state index is 2.27. The molecule has 0 N–H and O–H groups in total. The van der Waals surface area contributed by atoms with Crippen LogP contribution in [0, 0.1) is 6.92 Å². The van der Waals surface area contributed by atoms with E-state index in [1.807, 2.05) is 0 Å². The van der Waals surface area contributed by atoms with Crippen LogP contribution in [0.3, 0.4) is 0 Å². The van der Waals surface area contributed by atoms with Crippen molar-refractivity contribution in [2.75, 3.05) is 0 Å². The molecule has 78 valence electrons. The molecule has 15 heavy (non-hydrogen) atoms. The Morgan fingerprint density at radius 3 is 2.60 bits per heavy atom. The molecule has 0 aliphatic carbocycles. The Labute approximate surface area is 91.4 Å². The molecule has 0 radical (unpaired) electrons. The zero-order valence-corrected chi connectivity index (χ0v) is 9.62. The number of aromatic nitrogens is 1. The van der Waals surface area contributed by atoms with Gasteiger partial charge in [-0.15, -0.1) is 0 Å². The van der Waals surface area contributed by atoms with Crippen molar-refractivity contribution in [1.82, 2.24) is 4.57 Å². The van der Waals surface area contributed by atoms with E-state index in [1.165, 1.54) is 22.4 Å². The molecule has 0 aliphatic rings. The van der Waals surface area contributed by atoms with E-state index in [2.05, 4.69) is 62.0 Å². The predicted octanol–water partition coefficient (Wildman–Crippen LogP) is 3.56. The Hall–Kier alpha value is -1.50. The third-order valence-corrected chi connectivity index (χ3v) is 2.87. The standard InChI is InChI=1S/C14H17N/c1-4-12-8-7-11(2)10-13(12)14-6-5-9-15(14)3/h5-10H,4H2,1-3H3. The summed E-state index contributed by atoms with van der Waals surface area (Å²) in [6.45, 7) is 4.35. The van der Waals surface area contributed by atoms with Crippen molar-refractivity contribution in [1.29, 1.82) is 0 Å². The van der Waals surface area contributed by atoms with E-state index in [0.29, 0.717) is 0 Å². The number of benzene rings is 1. The van der Waals surface area contributed by atoms with Crippen molar-refractivity contribution in [2.24, 2.45) is 7.05 Å². The van der Waals surface area contributed by atoms with Gasteiger partial charge in [0, 0.05) is 24.5 Å². The van der Waals surface area contributed by atoms with Gasteiger partial charge in [-0.2, -0.15) is 0 Å². The van der Waals surface area contributed by atoms with Gasteiger partial charge in [-0.05, 0) is 37.1 Å². The van der Waals surface area contributed by atoms with E-state index in [4.69, 9.17) is 0 Å². The van der Waals surface area contributed by atoms with Gasteiger partial charge in [0.15, 0.2) is 0 Å². The average Bonchev–Trinajstić information content (AvgIpc) is 2.64. The Morgan fingerprint density at radius 2 is 2.00 bits per heavy atom. The van der Waals surface area contributed by atoms with E-state index in [-0.39, 0.29) is 0 Å². The van der Waals surface area contributed by atoms with Gasteiger partial charge in [-0.25, -0.2) is 0 Å². The highest BCUT2D eigenvalue weighted by atomic mass is 14.9. The van der Waals surface area contributed by atoms with E-state index in [0.717, 1.165) is 6.42 Å². The van der Waals surface area contributed by atoms with Crippen molar-refractivity contribution < 1.29 is 0 Å². The minimum atomic E-state index is 1.08. The second-order valence-electron chi connectivity index (χ2n) is 4.02. The fraction of sp³-hybridized carbons (Fsp3) is 0.286. The molecule has 1 heterocycles. The number of hydrogen-bond donors (Lipinski definition) is 0. The number of nitrogens with zero attached hydrogens (tertiary/aromatic N) is 1. The lowest BCUT2D eigenvalue weighted by atomic mass is 10.00. The van der Waals surface area contributed by atoms with E-state index < -0.39 is 0 Å². The molecule has 0 unspecified atom stereocenters. The van der Waals surface area contributed by atoms with Crippen molar-refractivity contribution in [3.05, 3.63) is 47.7 Å². The predicted molar refractivity (Wildman–Crippen MR) is 65.0 cm³/mol. The zero-order valence-electron chi connectivity index (χ0n) is 9.62. The highest BCUT2D eigenvalue weighted by Crippen LogP contribution is 2.25. The monoisotopic (exact) mass is 199 g/mol. The second-order valence-corrected chi connectivity index (χ2v) is 4.02. The van der Waals surface area contributed by atoms with Crippen molar-refractivity contribution in [3.63, 3.8) is 0 Å². The summed E-state index contributed by atoms with van der Waals surface area (Å²) in [7, 11) is 2.09. The molecule has 0 saturated carbocycles. The number of aryl methyl sites for hydroxylation is 3. The van der Waals surface area contributed by atoms with E-state index >= 15 is 0 Å². The first-order valence-electron chi connectivity index (χ1n) is 5.43. The van der Waals surface area contributed by atoms with Gasteiger partial charge >= 0.3 is 0 Å². The van der Waals surface area contributed by atoms with Crippen LogP contribution < -0.4 is 0 Å². The third kappa shape index (κ3) is 1.82. The summed E-state index contributed by atoms with van der Waals surface area (Å²) in [5.74, 6) is 0. The van der Waals surface area contributed by atoms with Crippen LogP contribution in [0.4, 0.5) is 0 Å². The molecule has 0 aliphatic heterocycles. The summed E-state index contributed by atoms with van der Waals surface area (Å²) >= 11 is 0. The summed E-state index contributed by atoms with van der Waals surface area (Å²) in [5, 5.41) is 0. The quantitative estimate of drug-likeness (QED) is 0.697. The molecule has 0 amide bonds. The van der Waals surface area contributed by atoms with Crippen LogP contribution in [-0.4, -0.2) is 4.57 Å². The molecule has 0 fully saturated rings. The zero-order chi connectivity index (χ0) is 10.8. The van der Waals surface area contributed by atoms with Gasteiger partial charge in [0.1, 0.15) is 0 Å². The Balaban J connectivity index is 2.60. The number of hydrogen-bond acceptors (Lipinski definition) is 0. The fourth-order valence-corrected chi connectivity index (χ4v) is 1.98. The summed E-state index contributed by atoms with van der Waals surface area (Å²) in [4.78, 5) is 0. The summed E-state index contributed by atoms with van der Waals surface area (Å²) in [6.07, 6.45) is 3.18. The smallest absolute Gasteiger partial charge is 0.0480 e.